The van der Waals surface area contributed by atoms with Crippen molar-refractivity contribution in [3.05, 3.63) is 40.4 Å². The lowest BCUT2D eigenvalue weighted by atomic mass is 9.95. The van der Waals surface area contributed by atoms with Crippen molar-refractivity contribution in [2.75, 3.05) is 17.8 Å². The summed E-state index contributed by atoms with van der Waals surface area (Å²) in [4.78, 5) is 16.4. The molecule has 1 fully saturated rings. The van der Waals surface area contributed by atoms with Crippen LogP contribution in [0.15, 0.2) is 34.5 Å². The summed E-state index contributed by atoms with van der Waals surface area (Å²) in [7, 11) is -3.74. The van der Waals surface area contributed by atoms with Crippen molar-refractivity contribution in [3.8, 4) is 0 Å². The topological polar surface area (TPSA) is 100 Å². The van der Waals surface area contributed by atoms with E-state index in [9.17, 15) is 13.2 Å². The second-order valence-electron chi connectivity index (χ2n) is 7.37. The van der Waals surface area contributed by atoms with Gasteiger partial charge in [0.15, 0.2) is 5.13 Å². The number of benzene rings is 1. The molecule has 1 aromatic heterocycles. The Hall–Kier alpha value is -1.68. The van der Waals surface area contributed by atoms with Crippen LogP contribution in [0.25, 0.3) is 0 Å². The third-order valence-electron chi connectivity index (χ3n) is 4.95. The first kappa shape index (κ1) is 23.0. The number of sulfonamides is 1. The molecule has 0 atom stereocenters. The van der Waals surface area contributed by atoms with Gasteiger partial charge >= 0.3 is 0 Å². The average Bonchev–Trinajstić information content (AvgIpc) is 3.14. The number of aromatic nitrogens is 1. The number of thiazole rings is 1. The van der Waals surface area contributed by atoms with Crippen LogP contribution in [0.4, 0.5) is 5.13 Å². The summed E-state index contributed by atoms with van der Waals surface area (Å²) in [6, 6.07) is 6.50. The largest absolute Gasteiger partial charge is 0.356 e. The van der Waals surface area contributed by atoms with Gasteiger partial charge < -0.3 is 10.6 Å². The Morgan fingerprint density at radius 1 is 1.13 bits per heavy atom. The molecule has 1 saturated carbocycles. The van der Waals surface area contributed by atoms with Crippen molar-refractivity contribution in [3.63, 3.8) is 0 Å². The van der Waals surface area contributed by atoms with Gasteiger partial charge in [0, 0.05) is 23.0 Å². The van der Waals surface area contributed by atoms with Crippen LogP contribution in [0.1, 0.15) is 44.2 Å². The first-order chi connectivity index (χ1) is 14.4. The molecule has 0 radical (unpaired) electrons. The molecule has 3 N–H and O–H groups in total. The zero-order valence-electron chi connectivity index (χ0n) is 16.7. The molecule has 2 aromatic rings. The molecule has 0 bridgehead atoms. The van der Waals surface area contributed by atoms with Crippen molar-refractivity contribution >= 4 is 44.0 Å². The van der Waals surface area contributed by atoms with Crippen molar-refractivity contribution in [2.45, 2.75) is 55.9 Å². The van der Waals surface area contributed by atoms with Gasteiger partial charge in [-0.15, -0.1) is 11.3 Å². The third kappa shape index (κ3) is 7.23. The fourth-order valence-corrected chi connectivity index (χ4v) is 5.47. The van der Waals surface area contributed by atoms with E-state index in [1.165, 1.54) is 56.4 Å². The molecule has 1 amide bonds. The van der Waals surface area contributed by atoms with Gasteiger partial charge in [-0.05, 0) is 50.1 Å². The van der Waals surface area contributed by atoms with E-state index in [4.69, 9.17) is 11.6 Å². The highest BCUT2D eigenvalue weighted by Gasteiger charge is 2.17. The summed E-state index contributed by atoms with van der Waals surface area (Å²) in [6.45, 7) is 1.51. The molecule has 0 saturated heterocycles. The van der Waals surface area contributed by atoms with Crippen molar-refractivity contribution in [1.29, 1.82) is 0 Å². The van der Waals surface area contributed by atoms with Crippen LogP contribution in [0, 0.1) is 0 Å². The van der Waals surface area contributed by atoms with E-state index in [-0.39, 0.29) is 22.4 Å². The Morgan fingerprint density at radius 2 is 1.87 bits per heavy atom. The van der Waals surface area contributed by atoms with Crippen LogP contribution in [0.3, 0.4) is 0 Å². The number of hydrogen-bond acceptors (Lipinski definition) is 6. The Labute approximate surface area is 186 Å². The SMILES string of the molecule is O=C(Cc1csc(NS(=O)(=O)c2ccc(Cl)cc2)n1)NCCCNC1CCCCC1. The molecule has 1 heterocycles. The molecule has 7 nitrogen and oxygen atoms in total. The van der Waals surface area contributed by atoms with Crippen LogP contribution in [0.2, 0.25) is 5.02 Å². The molecule has 3 rings (SSSR count). The van der Waals surface area contributed by atoms with E-state index in [1.54, 1.807) is 5.38 Å². The van der Waals surface area contributed by atoms with Gasteiger partial charge in [-0.1, -0.05) is 30.9 Å². The highest BCUT2D eigenvalue weighted by molar-refractivity contribution is 7.93. The first-order valence-electron chi connectivity index (χ1n) is 10.2. The van der Waals surface area contributed by atoms with Crippen LogP contribution < -0.4 is 15.4 Å². The van der Waals surface area contributed by atoms with E-state index in [2.05, 4.69) is 20.3 Å². The maximum absolute atomic E-state index is 12.4. The highest BCUT2D eigenvalue weighted by atomic mass is 35.5. The Morgan fingerprint density at radius 3 is 2.60 bits per heavy atom. The molecule has 0 aliphatic heterocycles. The minimum absolute atomic E-state index is 0.100. The maximum atomic E-state index is 12.4. The van der Waals surface area contributed by atoms with Gasteiger partial charge in [-0.2, -0.15) is 0 Å². The molecular weight excluding hydrogens is 444 g/mol. The maximum Gasteiger partial charge on any atom is 0.263 e. The highest BCUT2D eigenvalue weighted by Crippen LogP contribution is 2.21. The minimum atomic E-state index is -3.74. The number of hydrogen-bond donors (Lipinski definition) is 3. The number of amides is 1. The van der Waals surface area contributed by atoms with Gasteiger partial charge in [0.1, 0.15) is 0 Å². The van der Waals surface area contributed by atoms with Crippen LogP contribution in [0.5, 0.6) is 0 Å². The van der Waals surface area contributed by atoms with E-state index < -0.39 is 10.0 Å². The van der Waals surface area contributed by atoms with E-state index >= 15 is 0 Å². The van der Waals surface area contributed by atoms with Crippen LogP contribution in [-0.4, -0.2) is 38.4 Å². The predicted molar refractivity (Wildman–Crippen MR) is 121 cm³/mol. The van der Waals surface area contributed by atoms with E-state index in [0.29, 0.717) is 23.3 Å². The van der Waals surface area contributed by atoms with Gasteiger partial charge in [0.05, 0.1) is 17.0 Å². The Bertz CT molecular complexity index is 926. The van der Waals surface area contributed by atoms with Crippen molar-refractivity contribution in [2.24, 2.45) is 0 Å². The summed E-state index contributed by atoms with van der Waals surface area (Å²) in [5, 5.41) is 8.81. The number of rotatable bonds is 10. The zero-order chi connectivity index (χ0) is 21.4. The molecule has 0 unspecified atom stereocenters. The number of carbonyl (C=O) groups excluding carboxylic acids is 1. The first-order valence-corrected chi connectivity index (χ1v) is 12.9. The normalized spacial score (nSPS) is 15.1. The third-order valence-corrected chi connectivity index (χ3v) is 7.50. The van der Waals surface area contributed by atoms with Crippen LogP contribution in [-0.2, 0) is 21.2 Å². The number of nitrogens with zero attached hydrogens (tertiary/aromatic N) is 1. The second-order valence-corrected chi connectivity index (χ2v) is 10.3. The number of anilines is 1. The monoisotopic (exact) mass is 470 g/mol. The van der Waals surface area contributed by atoms with Crippen molar-refractivity contribution < 1.29 is 13.2 Å². The molecular formula is C20H27ClN4O3S2. The summed E-state index contributed by atoms with van der Waals surface area (Å²) >= 11 is 6.94. The Balaban J connectivity index is 1.39. The van der Waals surface area contributed by atoms with E-state index in [0.717, 1.165) is 24.3 Å². The summed E-state index contributed by atoms with van der Waals surface area (Å²) in [6.07, 6.45) is 7.45. The average molecular weight is 471 g/mol. The van der Waals surface area contributed by atoms with Gasteiger partial charge in [-0.25, -0.2) is 13.4 Å². The quantitative estimate of drug-likeness (QED) is 0.461. The van der Waals surface area contributed by atoms with Crippen molar-refractivity contribution in [1.82, 2.24) is 15.6 Å². The lowest BCUT2D eigenvalue weighted by molar-refractivity contribution is -0.120. The van der Waals surface area contributed by atoms with Gasteiger partial charge in [0.2, 0.25) is 5.91 Å². The smallest absolute Gasteiger partial charge is 0.263 e. The van der Waals surface area contributed by atoms with Gasteiger partial charge in [0.25, 0.3) is 10.0 Å². The minimum Gasteiger partial charge on any atom is -0.356 e. The van der Waals surface area contributed by atoms with Gasteiger partial charge in [-0.3, -0.25) is 9.52 Å². The summed E-state index contributed by atoms with van der Waals surface area (Å²) in [5.41, 5.74) is 0.534. The lowest BCUT2D eigenvalue weighted by Gasteiger charge is -2.22. The van der Waals surface area contributed by atoms with E-state index in [1.807, 2.05) is 0 Å². The standard InChI is InChI=1S/C20H27ClN4O3S2/c21-15-7-9-18(10-8-15)30(27,28)25-20-24-17(14-29-20)13-19(26)23-12-4-11-22-16-5-2-1-3-6-16/h7-10,14,16,22H,1-6,11-13H2,(H,23,26)(H,24,25). The molecule has 164 valence electrons. The van der Waals surface area contributed by atoms with Crippen LogP contribution >= 0.6 is 22.9 Å². The molecule has 1 aliphatic carbocycles. The summed E-state index contributed by atoms with van der Waals surface area (Å²) in [5.74, 6) is -0.120. The second kappa shape index (κ2) is 11.1. The molecule has 30 heavy (non-hydrogen) atoms. The molecule has 0 spiro atoms. The number of nitrogens with one attached hydrogen (secondary N) is 3. The summed E-state index contributed by atoms with van der Waals surface area (Å²) < 4.78 is 27.2. The molecule has 1 aliphatic rings. The predicted octanol–water partition coefficient (Wildman–Crippen LogP) is 3.57. The lowest BCUT2D eigenvalue weighted by Crippen LogP contribution is -2.34. The zero-order valence-corrected chi connectivity index (χ0v) is 19.1. The Kier molecular flexibility index (Phi) is 8.50. The number of halogens is 1. The fraction of sp³-hybridized carbons (Fsp3) is 0.500. The number of carbonyl (C=O) groups is 1. The molecule has 1 aromatic carbocycles. The fourth-order valence-electron chi connectivity index (χ4n) is 3.38. The molecule has 10 heteroatoms.